The van der Waals surface area contributed by atoms with E-state index in [1.165, 1.54) is 18.3 Å². The molecule has 0 radical (unpaired) electrons. The van der Waals surface area contributed by atoms with Crippen LogP contribution in [0.2, 0.25) is 0 Å². The lowest BCUT2D eigenvalue weighted by Gasteiger charge is -2.15. The molecule has 30 heavy (non-hydrogen) atoms. The number of hydrogen-bond donors (Lipinski definition) is 0. The Kier molecular flexibility index (Phi) is 6.83. The van der Waals surface area contributed by atoms with E-state index in [4.69, 9.17) is 9.47 Å². The van der Waals surface area contributed by atoms with Gasteiger partial charge in [0.2, 0.25) is 5.92 Å². The lowest BCUT2D eigenvalue weighted by Crippen LogP contribution is -2.27. The maximum absolute atomic E-state index is 12.8. The van der Waals surface area contributed by atoms with Crippen molar-refractivity contribution in [2.75, 3.05) is 0 Å². The first-order valence-electron chi connectivity index (χ1n) is 9.06. The Balaban J connectivity index is 1.83. The molecule has 0 aliphatic carbocycles. The van der Waals surface area contributed by atoms with Crippen LogP contribution in [-0.2, 0) is 32.3 Å². The number of esters is 2. The van der Waals surface area contributed by atoms with Crippen LogP contribution in [0.3, 0.4) is 0 Å². The van der Waals surface area contributed by atoms with Crippen LogP contribution < -0.4 is 0 Å². The Morgan fingerprint density at radius 2 is 1.33 bits per heavy atom. The predicted octanol–water partition coefficient (Wildman–Crippen LogP) is 3.56. The van der Waals surface area contributed by atoms with Gasteiger partial charge in [-0.3, -0.25) is 24.7 Å². The normalized spacial score (nSPS) is 10.4. The van der Waals surface area contributed by atoms with Crippen LogP contribution in [0.5, 0.6) is 0 Å². The van der Waals surface area contributed by atoms with Gasteiger partial charge >= 0.3 is 11.9 Å². The second-order valence-corrected chi connectivity index (χ2v) is 6.28. The summed E-state index contributed by atoms with van der Waals surface area (Å²) in [7, 11) is 0. The van der Waals surface area contributed by atoms with E-state index in [0.29, 0.717) is 11.1 Å². The number of benzene rings is 2. The summed E-state index contributed by atoms with van der Waals surface area (Å²) >= 11 is 0. The van der Waals surface area contributed by atoms with Crippen molar-refractivity contribution >= 4 is 17.6 Å². The maximum Gasteiger partial charge on any atom is 0.327 e. The summed E-state index contributed by atoms with van der Waals surface area (Å²) in [6, 6.07) is 20.2. The average molecular weight is 406 g/mol. The minimum atomic E-state index is -1.68. The number of ether oxygens (including phenoxy) is 2. The minimum absolute atomic E-state index is 0.0945. The van der Waals surface area contributed by atoms with Crippen LogP contribution in [0, 0.1) is 10.1 Å². The molecule has 2 aromatic carbocycles. The molecule has 1 aromatic heterocycles. The first-order valence-corrected chi connectivity index (χ1v) is 9.06. The maximum atomic E-state index is 12.8. The molecule has 0 unspecified atom stereocenters. The van der Waals surface area contributed by atoms with E-state index in [0.717, 1.165) is 0 Å². The molecule has 0 aliphatic rings. The molecule has 0 saturated heterocycles. The van der Waals surface area contributed by atoms with Crippen LogP contribution in [0.1, 0.15) is 22.7 Å². The fourth-order valence-corrected chi connectivity index (χ4v) is 2.73. The molecule has 0 atom stereocenters. The Morgan fingerprint density at radius 3 is 1.80 bits per heavy atom. The second kappa shape index (κ2) is 9.92. The zero-order valence-corrected chi connectivity index (χ0v) is 15.8. The number of pyridine rings is 1. The van der Waals surface area contributed by atoms with Crippen molar-refractivity contribution in [2.24, 2.45) is 0 Å². The van der Waals surface area contributed by atoms with Crippen LogP contribution >= 0.6 is 0 Å². The predicted molar refractivity (Wildman–Crippen MR) is 106 cm³/mol. The first kappa shape index (κ1) is 20.7. The smallest absolute Gasteiger partial charge is 0.327 e. The van der Waals surface area contributed by atoms with Crippen molar-refractivity contribution in [3.05, 3.63) is 106 Å². The van der Waals surface area contributed by atoms with Gasteiger partial charge in [-0.1, -0.05) is 60.7 Å². The van der Waals surface area contributed by atoms with E-state index in [1.54, 1.807) is 48.5 Å². The van der Waals surface area contributed by atoms with Gasteiger partial charge in [-0.25, -0.2) is 0 Å². The number of aromatic nitrogens is 1. The highest BCUT2D eigenvalue weighted by Gasteiger charge is 2.38. The van der Waals surface area contributed by atoms with E-state index in [-0.39, 0.29) is 18.9 Å². The van der Waals surface area contributed by atoms with Crippen LogP contribution in [0.4, 0.5) is 5.69 Å². The highest BCUT2D eigenvalue weighted by atomic mass is 16.6. The fraction of sp³-hybridized carbons (Fsp3) is 0.136. The third kappa shape index (κ3) is 5.26. The van der Waals surface area contributed by atoms with E-state index in [9.17, 15) is 19.7 Å². The summed E-state index contributed by atoms with van der Waals surface area (Å²) in [6.07, 6.45) is 1.27. The SMILES string of the molecule is O=C(OCc1ccccc1)C(C(=O)OCc1ccccc1)c1ncccc1[N+](=O)[O-]. The molecule has 3 aromatic rings. The number of nitrogens with zero attached hydrogens (tertiary/aromatic N) is 2. The molecule has 0 fully saturated rings. The van der Waals surface area contributed by atoms with Gasteiger partial charge in [0, 0.05) is 12.3 Å². The third-order valence-corrected chi connectivity index (χ3v) is 4.21. The molecular weight excluding hydrogens is 388 g/mol. The van der Waals surface area contributed by atoms with Crippen molar-refractivity contribution in [3.63, 3.8) is 0 Å². The van der Waals surface area contributed by atoms with E-state index >= 15 is 0 Å². The molecule has 8 heteroatoms. The molecule has 152 valence electrons. The third-order valence-electron chi connectivity index (χ3n) is 4.21. The first-order chi connectivity index (χ1) is 14.6. The number of hydrogen-bond acceptors (Lipinski definition) is 7. The van der Waals surface area contributed by atoms with E-state index in [1.807, 2.05) is 12.1 Å². The van der Waals surface area contributed by atoms with E-state index < -0.39 is 28.5 Å². The van der Waals surface area contributed by atoms with Gasteiger partial charge in [-0.15, -0.1) is 0 Å². The van der Waals surface area contributed by atoms with Crippen molar-refractivity contribution in [1.29, 1.82) is 0 Å². The minimum Gasteiger partial charge on any atom is -0.460 e. The summed E-state index contributed by atoms with van der Waals surface area (Å²) in [5.74, 6) is -3.63. The fourth-order valence-electron chi connectivity index (χ4n) is 2.73. The molecule has 3 rings (SSSR count). The van der Waals surface area contributed by atoms with Crippen LogP contribution in [0.15, 0.2) is 79.0 Å². The molecule has 1 heterocycles. The number of rotatable bonds is 8. The number of nitro groups is 1. The summed E-state index contributed by atoms with van der Waals surface area (Å²) in [5.41, 5.74) is 0.630. The van der Waals surface area contributed by atoms with Crippen molar-refractivity contribution in [2.45, 2.75) is 19.1 Å². The lowest BCUT2D eigenvalue weighted by molar-refractivity contribution is -0.386. The van der Waals surface area contributed by atoms with Gasteiger partial charge < -0.3 is 9.47 Å². The van der Waals surface area contributed by atoms with Crippen LogP contribution in [-0.4, -0.2) is 21.8 Å². The van der Waals surface area contributed by atoms with Crippen molar-refractivity contribution in [1.82, 2.24) is 4.98 Å². The number of carbonyl (C=O) groups is 2. The average Bonchev–Trinajstić information content (AvgIpc) is 2.78. The molecule has 8 nitrogen and oxygen atoms in total. The van der Waals surface area contributed by atoms with E-state index in [2.05, 4.69) is 4.98 Å². The molecule has 0 spiro atoms. The highest BCUT2D eigenvalue weighted by Crippen LogP contribution is 2.27. The van der Waals surface area contributed by atoms with Crippen LogP contribution in [0.25, 0.3) is 0 Å². The Hall–Kier alpha value is -4.07. The van der Waals surface area contributed by atoms with Gasteiger partial charge in [-0.2, -0.15) is 0 Å². The number of carbonyl (C=O) groups excluding carboxylic acids is 2. The largest absolute Gasteiger partial charge is 0.460 e. The summed E-state index contributed by atoms with van der Waals surface area (Å²) in [6.45, 7) is -0.189. The molecule has 0 N–H and O–H groups in total. The Morgan fingerprint density at radius 1 is 0.833 bits per heavy atom. The standard InChI is InChI=1S/C22H18N2O6/c25-21(29-14-16-8-3-1-4-9-16)19(20-18(24(27)28)12-7-13-23-20)22(26)30-15-17-10-5-2-6-11-17/h1-13,19H,14-15H2. The van der Waals surface area contributed by atoms with Crippen molar-refractivity contribution < 1.29 is 24.0 Å². The quantitative estimate of drug-likeness (QED) is 0.243. The molecule has 0 bridgehead atoms. The summed E-state index contributed by atoms with van der Waals surface area (Å²) in [4.78, 5) is 40.1. The molecule has 0 aliphatic heterocycles. The van der Waals surface area contributed by atoms with Gasteiger partial charge in [-0.05, 0) is 17.2 Å². The molecule has 0 amide bonds. The van der Waals surface area contributed by atoms with Gasteiger partial charge in [0.15, 0.2) is 0 Å². The lowest BCUT2D eigenvalue weighted by atomic mass is 10.0. The summed E-state index contributed by atoms with van der Waals surface area (Å²) in [5, 5.41) is 11.4. The molecular formula is C22H18N2O6. The molecule has 0 saturated carbocycles. The van der Waals surface area contributed by atoms with Gasteiger partial charge in [0.25, 0.3) is 5.69 Å². The van der Waals surface area contributed by atoms with Gasteiger partial charge in [0.05, 0.1) is 4.92 Å². The monoisotopic (exact) mass is 406 g/mol. The topological polar surface area (TPSA) is 109 Å². The summed E-state index contributed by atoms with van der Waals surface area (Å²) < 4.78 is 10.5. The zero-order valence-electron chi connectivity index (χ0n) is 15.8. The zero-order chi connectivity index (χ0) is 21.3. The van der Waals surface area contributed by atoms with Gasteiger partial charge in [0.1, 0.15) is 18.9 Å². The second-order valence-electron chi connectivity index (χ2n) is 6.28. The van der Waals surface area contributed by atoms with Crippen molar-refractivity contribution in [3.8, 4) is 0 Å². The Bertz CT molecular complexity index is 969. The highest BCUT2D eigenvalue weighted by molar-refractivity contribution is 6.01. The Labute approximate surface area is 172 Å².